The van der Waals surface area contributed by atoms with Crippen molar-refractivity contribution >= 4 is 29.9 Å². The highest BCUT2D eigenvalue weighted by Gasteiger charge is 2.53. The van der Waals surface area contributed by atoms with Gasteiger partial charge < -0.3 is 15.0 Å². The summed E-state index contributed by atoms with van der Waals surface area (Å²) in [5, 5.41) is 3.38. The first-order chi connectivity index (χ1) is 10.7. The molecule has 0 aliphatic carbocycles. The molecule has 1 aliphatic rings. The summed E-state index contributed by atoms with van der Waals surface area (Å²) in [7, 11) is 3.37. The Bertz CT molecular complexity index is 602. The molecular weight excluding hydrogens is 420 g/mol. The highest BCUT2D eigenvalue weighted by atomic mass is 127. The molecule has 0 saturated carbocycles. The van der Waals surface area contributed by atoms with Crippen molar-refractivity contribution in [1.82, 2.24) is 10.2 Å². The van der Waals surface area contributed by atoms with E-state index in [-0.39, 0.29) is 47.4 Å². The third-order valence-corrected chi connectivity index (χ3v) is 5.21. The predicted octanol–water partition coefficient (Wildman–Crippen LogP) is 3.79. The van der Waals surface area contributed by atoms with Gasteiger partial charge in [0.25, 0.3) is 0 Å². The van der Waals surface area contributed by atoms with Crippen molar-refractivity contribution in [2.75, 3.05) is 20.7 Å². The second-order valence-corrected chi connectivity index (χ2v) is 7.29. The number of benzene rings is 1. The molecule has 0 bridgehead atoms. The standard InChI is InChI=1S/C18H28FN3O.HI/c1-17(2)12-22(18(17,3)4)16(20-5)21-10-13-7-8-15(19)14(9-13)11-23-6;/h7-9H,10-12H2,1-6H3,(H,20,21);1H. The van der Waals surface area contributed by atoms with Crippen LogP contribution in [0.5, 0.6) is 0 Å². The summed E-state index contributed by atoms with van der Waals surface area (Å²) in [5.41, 5.74) is 1.90. The van der Waals surface area contributed by atoms with Gasteiger partial charge in [0.2, 0.25) is 0 Å². The lowest BCUT2D eigenvalue weighted by atomic mass is 9.65. The van der Waals surface area contributed by atoms with Crippen LogP contribution in [0.15, 0.2) is 23.2 Å². The molecule has 4 nitrogen and oxygen atoms in total. The quantitative estimate of drug-likeness (QED) is 0.432. The van der Waals surface area contributed by atoms with Gasteiger partial charge in [0.05, 0.1) is 6.61 Å². The van der Waals surface area contributed by atoms with E-state index in [4.69, 9.17) is 4.74 Å². The monoisotopic (exact) mass is 449 g/mol. The van der Waals surface area contributed by atoms with E-state index in [9.17, 15) is 4.39 Å². The molecule has 1 N–H and O–H groups in total. The molecule has 1 heterocycles. The average molecular weight is 449 g/mol. The Morgan fingerprint density at radius 1 is 1.33 bits per heavy atom. The Kier molecular flexibility index (Phi) is 7.04. The Morgan fingerprint density at radius 3 is 2.50 bits per heavy atom. The van der Waals surface area contributed by atoms with Crippen LogP contribution in [0, 0.1) is 11.2 Å². The molecule has 0 radical (unpaired) electrons. The molecule has 0 aromatic heterocycles. The number of guanidine groups is 1. The largest absolute Gasteiger partial charge is 0.380 e. The van der Waals surface area contributed by atoms with Gasteiger partial charge in [-0.15, -0.1) is 24.0 Å². The number of methoxy groups -OCH3 is 1. The van der Waals surface area contributed by atoms with Crippen LogP contribution >= 0.6 is 24.0 Å². The van der Waals surface area contributed by atoms with Crippen molar-refractivity contribution in [3.63, 3.8) is 0 Å². The molecule has 0 atom stereocenters. The topological polar surface area (TPSA) is 36.9 Å². The predicted molar refractivity (Wildman–Crippen MR) is 107 cm³/mol. The second kappa shape index (κ2) is 7.99. The lowest BCUT2D eigenvalue weighted by Gasteiger charge is -2.62. The van der Waals surface area contributed by atoms with Gasteiger partial charge >= 0.3 is 0 Å². The highest BCUT2D eigenvalue weighted by Crippen LogP contribution is 2.46. The van der Waals surface area contributed by atoms with Crippen LogP contribution in [-0.4, -0.2) is 37.1 Å². The van der Waals surface area contributed by atoms with E-state index in [1.165, 1.54) is 6.07 Å². The molecule has 2 rings (SSSR count). The van der Waals surface area contributed by atoms with Gasteiger partial charge in [0.15, 0.2) is 5.96 Å². The third-order valence-electron chi connectivity index (χ3n) is 5.21. The van der Waals surface area contributed by atoms with Crippen molar-refractivity contribution < 1.29 is 9.13 Å². The first-order valence-electron chi connectivity index (χ1n) is 7.97. The van der Waals surface area contributed by atoms with Crippen molar-refractivity contribution in [3.05, 3.63) is 35.1 Å². The SMILES string of the molecule is CN=C(NCc1ccc(F)c(COC)c1)N1CC(C)(C)C1(C)C.I. The maximum atomic E-state index is 13.7. The van der Waals surface area contributed by atoms with Gasteiger partial charge in [-0.1, -0.05) is 19.9 Å². The molecule has 1 aromatic carbocycles. The average Bonchev–Trinajstić information content (AvgIpc) is 2.50. The minimum atomic E-state index is -0.231. The molecule has 0 unspecified atom stereocenters. The van der Waals surface area contributed by atoms with Crippen LogP contribution in [0.3, 0.4) is 0 Å². The fourth-order valence-corrected chi connectivity index (χ4v) is 2.88. The number of hydrogen-bond donors (Lipinski definition) is 1. The van der Waals surface area contributed by atoms with Crippen molar-refractivity contribution in [1.29, 1.82) is 0 Å². The number of nitrogens with one attached hydrogen (secondary N) is 1. The van der Waals surface area contributed by atoms with E-state index in [0.29, 0.717) is 12.1 Å². The first-order valence-corrected chi connectivity index (χ1v) is 7.97. The molecule has 1 aromatic rings. The molecule has 136 valence electrons. The van der Waals surface area contributed by atoms with E-state index < -0.39 is 0 Å². The van der Waals surface area contributed by atoms with Crippen molar-refractivity contribution in [2.24, 2.45) is 10.4 Å². The maximum absolute atomic E-state index is 13.7. The van der Waals surface area contributed by atoms with Gasteiger partial charge in [-0.05, 0) is 31.5 Å². The summed E-state index contributed by atoms with van der Waals surface area (Å²) in [6.07, 6.45) is 0. The minimum Gasteiger partial charge on any atom is -0.380 e. The summed E-state index contributed by atoms with van der Waals surface area (Å²) >= 11 is 0. The van der Waals surface area contributed by atoms with Crippen molar-refractivity contribution in [3.8, 4) is 0 Å². The summed E-state index contributed by atoms with van der Waals surface area (Å²) in [4.78, 5) is 6.68. The summed E-state index contributed by atoms with van der Waals surface area (Å²) in [5.74, 6) is 0.651. The number of halogens is 2. The maximum Gasteiger partial charge on any atom is 0.194 e. The summed E-state index contributed by atoms with van der Waals surface area (Å²) < 4.78 is 18.7. The van der Waals surface area contributed by atoms with Crippen molar-refractivity contribution in [2.45, 2.75) is 46.4 Å². The van der Waals surface area contributed by atoms with E-state index in [1.807, 2.05) is 6.07 Å². The number of rotatable bonds is 4. The molecule has 0 spiro atoms. The molecule has 1 saturated heterocycles. The second-order valence-electron chi connectivity index (χ2n) is 7.29. The Labute approximate surface area is 161 Å². The first kappa shape index (κ1) is 21.2. The zero-order valence-electron chi connectivity index (χ0n) is 15.4. The van der Waals surface area contributed by atoms with E-state index in [2.05, 4.69) is 42.9 Å². The minimum absolute atomic E-state index is 0. The molecule has 0 amide bonds. The molecule has 6 heteroatoms. The van der Waals surface area contributed by atoms with Gasteiger partial charge in [-0.2, -0.15) is 0 Å². The normalized spacial score (nSPS) is 18.6. The third kappa shape index (κ3) is 4.02. The Morgan fingerprint density at radius 2 is 2.00 bits per heavy atom. The van der Waals surface area contributed by atoms with Crippen LogP contribution in [0.25, 0.3) is 0 Å². The molecular formula is C18H29FIN3O. The fourth-order valence-electron chi connectivity index (χ4n) is 2.88. The number of ether oxygens (including phenoxy) is 1. The zero-order chi connectivity index (χ0) is 17.3. The van der Waals surface area contributed by atoms with E-state index >= 15 is 0 Å². The van der Waals surface area contributed by atoms with Crippen LogP contribution < -0.4 is 5.32 Å². The number of nitrogens with zero attached hydrogens (tertiary/aromatic N) is 2. The lowest BCUT2D eigenvalue weighted by Crippen LogP contribution is -2.72. The van der Waals surface area contributed by atoms with Gasteiger partial charge in [-0.3, -0.25) is 4.99 Å². The van der Waals surface area contributed by atoms with Gasteiger partial charge in [-0.25, -0.2) is 4.39 Å². The smallest absolute Gasteiger partial charge is 0.194 e. The van der Waals surface area contributed by atoms with Crippen LogP contribution in [0.4, 0.5) is 4.39 Å². The van der Waals surface area contributed by atoms with Gasteiger partial charge in [0.1, 0.15) is 5.82 Å². The zero-order valence-corrected chi connectivity index (χ0v) is 17.8. The number of hydrogen-bond acceptors (Lipinski definition) is 2. The van der Waals surface area contributed by atoms with E-state index in [1.54, 1.807) is 20.2 Å². The summed E-state index contributed by atoms with van der Waals surface area (Å²) in [6.45, 7) is 10.9. The van der Waals surface area contributed by atoms with E-state index in [0.717, 1.165) is 18.1 Å². The van der Waals surface area contributed by atoms with Gasteiger partial charge in [0, 0.05) is 43.8 Å². The number of likely N-dealkylation sites (tertiary alicyclic amines) is 1. The Balaban J connectivity index is 0.00000288. The van der Waals surface area contributed by atoms with Crippen LogP contribution in [-0.2, 0) is 17.9 Å². The molecule has 1 fully saturated rings. The fraction of sp³-hybridized carbons (Fsp3) is 0.611. The molecule has 1 aliphatic heterocycles. The molecule has 24 heavy (non-hydrogen) atoms. The lowest BCUT2D eigenvalue weighted by molar-refractivity contribution is -0.0667. The van der Waals surface area contributed by atoms with Crippen LogP contribution in [0.2, 0.25) is 0 Å². The summed E-state index contributed by atoms with van der Waals surface area (Å²) in [6, 6.07) is 5.12. The Hall–Kier alpha value is -0.890. The highest BCUT2D eigenvalue weighted by molar-refractivity contribution is 14.0. The number of aliphatic imine (C=N–C) groups is 1. The van der Waals surface area contributed by atoms with Crippen LogP contribution in [0.1, 0.15) is 38.8 Å².